The Balaban J connectivity index is 2.71. The second-order valence-corrected chi connectivity index (χ2v) is 3.56. The minimum atomic E-state index is -1.65. The second-order valence-electron chi connectivity index (χ2n) is 3.56. The van der Waals surface area contributed by atoms with E-state index in [0.717, 1.165) is 7.11 Å². The minimum absolute atomic E-state index is 0.0672. The van der Waals surface area contributed by atoms with E-state index in [2.05, 4.69) is 9.47 Å². The number of benzene rings is 1. The minimum Gasteiger partial charge on any atom is -0.487 e. The van der Waals surface area contributed by atoms with Gasteiger partial charge in [-0.15, -0.1) is 0 Å². The molecule has 1 aromatic rings. The lowest BCUT2D eigenvalue weighted by Crippen LogP contribution is -2.33. The highest BCUT2D eigenvalue weighted by atomic mass is 19.2. The first-order valence-electron chi connectivity index (χ1n) is 5.17. The maximum absolute atomic E-state index is 13.2. The van der Waals surface area contributed by atoms with Crippen LogP contribution in [0.3, 0.4) is 0 Å². The fraction of sp³-hybridized carbons (Fsp3) is 0.364. The molecule has 0 aliphatic carbocycles. The Hall–Kier alpha value is -1.83. The van der Waals surface area contributed by atoms with Crippen LogP contribution in [0.2, 0.25) is 0 Å². The van der Waals surface area contributed by atoms with Crippen LogP contribution < -0.4 is 10.5 Å². The number of carbonyl (C=O) groups excluding carboxylic acids is 1. The van der Waals surface area contributed by atoms with Crippen molar-refractivity contribution in [2.45, 2.75) is 12.5 Å². The monoisotopic (exact) mass is 281 g/mol. The van der Waals surface area contributed by atoms with Gasteiger partial charge in [0.2, 0.25) is 11.6 Å². The summed E-state index contributed by atoms with van der Waals surface area (Å²) >= 11 is 0. The summed E-state index contributed by atoms with van der Waals surface area (Å²) < 4.78 is 60.9. The molecule has 1 rings (SSSR count). The molecule has 0 radical (unpaired) electrons. The zero-order valence-corrected chi connectivity index (χ0v) is 9.88. The van der Waals surface area contributed by atoms with E-state index in [1.807, 2.05) is 0 Å². The van der Waals surface area contributed by atoms with Gasteiger partial charge in [-0.3, -0.25) is 4.79 Å². The average molecular weight is 281 g/mol. The first-order chi connectivity index (χ1) is 8.88. The first kappa shape index (κ1) is 15.2. The van der Waals surface area contributed by atoms with Crippen LogP contribution in [0, 0.1) is 23.3 Å². The standard InChI is InChI=1S/C11H11F4NO3/c1-18-11(17)7(16)2-3-19-10-8(14)5(12)4-6(13)9(10)15/h4,7H,2-3,16H2,1H3. The van der Waals surface area contributed by atoms with Crippen molar-refractivity contribution >= 4 is 5.97 Å². The van der Waals surface area contributed by atoms with Gasteiger partial charge in [-0.1, -0.05) is 0 Å². The van der Waals surface area contributed by atoms with Gasteiger partial charge >= 0.3 is 5.97 Å². The molecule has 19 heavy (non-hydrogen) atoms. The first-order valence-corrected chi connectivity index (χ1v) is 5.17. The summed E-state index contributed by atoms with van der Waals surface area (Å²) in [4.78, 5) is 10.9. The van der Waals surface area contributed by atoms with E-state index in [1.165, 1.54) is 0 Å². The Labute approximate surface area is 106 Å². The topological polar surface area (TPSA) is 61.5 Å². The van der Waals surface area contributed by atoms with E-state index in [9.17, 15) is 22.4 Å². The van der Waals surface area contributed by atoms with Crippen LogP contribution in [0.15, 0.2) is 6.07 Å². The Morgan fingerprint density at radius 3 is 2.26 bits per heavy atom. The van der Waals surface area contributed by atoms with Gasteiger partial charge in [-0.05, 0) is 0 Å². The predicted molar refractivity (Wildman–Crippen MR) is 56.4 cm³/mol. The molecule has 106 valence electrons. The van der Waals surface area contributed by atoms with Crippen LogP contribution in [0.5, 0.6) is 5.75 Å². The van der Waals surface area contributed by atoms with Crippen molar-refractivity contribution in [2.75, 3.05) is 13.7 Å². The van der Waals surface area contributed by atoms with E-state index in [0.29, 0.717) is 0 Å². The van der Waals surface area contributed by atoms with Crippen LogP contribution in [0.25, 0.3) is 0 Å². The Morgan fingerprint density at radius 2 is 1.79 bits per heavy atom. The molecule has 0 spiro atoms. The van der Waals surface area contributed by atoms with E-state index < -0.39 is 47.6 Å². The molecular weight excluding hydrogens is 270 g/mol. The smallest absolute Gasteiger partial charge is 0.322 e. The summed E-state index contributed by atoms with van der Waals surface area (Å²) in [6.07, 6.45) is -0.135. The summed E-state index contributed by atoms with van der Waals surface area (Å²) in [5, 5.41) is 0. The zero-order valence-electron chi connectivity index (χ0n) is 9.88. The van der Waals surface area contributed by atoms with Crippen molar-refractivity contribution in [1.29, 1.82) is 0 Å². The van der Waals surface area contributed by atoms with Crippen molar-refractivity contribution in [3.63, 3.8) is 0 Å². The third-order valence-electron chi connectivity index (χ3n) is 2.25. The van der Waals surface area contributed by atoms with Crippen molar-refractivity contribution < 1.29 is 31.8 Å². The molecule has 1 atom stereocenters. The third kappa shape index (κ3) is 3.57. The SMILES string of the molecule is COC(=O)C(N)CCOc1c(F)c(F)cc(F)c1F. The molecule has 0 aromatic heterocycles. The Kier molecular flexibility index (Phi) is 5.11. The largest absolute Gasteiger partial charge is 0.487 e. The maximum atomic E-state index is 13.2. The van der Waals surface area contributed by atoms with Gasteiger partial charge in [0.1, 0.15) is 6.04 Å². The zero-order chi connectivity index (χ0) is 14.6. The summed E-state index contributed by atoms with van der Waals surface area (Å²) in [7, 11) is 1.12. The number of halogens is 4. The maximum Gasteiger partial charge on any atom is 0.322 e. The lowest BCUT2D eigenvalue weighted by atomic mass is 10.2. The number of rotatable bonds is 5. The predicted octanol–water partition coefficient (Wildman–Crippen LogP) is 1.51. The van der Waals surface area contributed by atoms with Gasteiger partial charge in [0.05, 0.1) is 13.7 Å². The average Bonchev–Trinajstić information content (AvgIpc) is 2.39. The van der Waals surface area contributed by atoms with Crippen molar-refractivity contribution in [2.24, 2.45) is 5.73 Å². The fourth-order valence-electron chi connectivity index (χ4n) is 1.24. The third-order valence-corrected chi connectivity index (χ3v) is 2.25. The Bertz CT molecular complexity index is 455. The van der Waals surface area contributed by atoms with Crippen molar-refractivity contribution in [3.05, 3.63) is 29.3 Å². The van der Waals surface area contributed by atoms with Gasteiger partial charge in [0.15, 0.2) is 17.4 Å². The number of nitrogens with two attached hydrogens (primary N) is 1. The van der Waals surface area contributed by atoms with Gasteiger partial charge in [0.25, 0.3) is 0 Å². The highest BCUT2D eigenvalue weighted by molar-refractivity contribution is 5.75. The van der Waals surface area contributed by atoms with Crippen LogP contribution in [-0.4, -0.2) is 25.7 Å². The number of hydrogen-bond donors (Lipinski definition) is 1. The lowest BCUT2D eigenvalue weighted by molar-refractivity contribution is -0.142. The highest BCUT2D eigenvalue weighted by Crippen LogP contribution is 2.26. The van der Waals surface area contributed by atoms with Crippen LogP contribution in [0.1, 0.15) is 6.42 Å². The molecule has 0 aliphatic rings. The van der Waals surface area contributed by atoms with Crippen LogP contribution >= 0.6 is 0 Å². The Morgan fingerprint density at radius 1 is 1.26 bits per heavy atom. The molecule has 0 saturated carbocycles. The highest BCUT2D eigenvalue weighted by Gasteiger charge is 2.21. The molecule has 0 bridgehead atoms. The van der Waals surface area contributed by atoms with Crippen molar-refractivity contribution in [3.8, 4) is 5.75 Å². The van der Waals surface area contributed by atoms with Crippen LogP contribution in [-0.2, 0) is 9.53 Å². The number of carbonyl (C=O) groups is 1. The van der Waals surface area contributed by atoms with E-state index in [1.54, 1.807) is 0 Å². The summed E-state index contributed by atoms with van der Waals surface area (Å²) in [6.45, 7) is -0.410. The lowest BCUT2D eigenvalue weighted by Gasteiger charge is -2.12. The summed E-state index contributed by atoms with van der Waals surface area (Å²) in [6, 6.07) is -0.993. The molecule has 0 amide bonds. The molecular formula is C11H11F4NO3. The number of esters is 1. The molecule has 2 N–H and O–H groups in total. The van der Waals surface area contributed by atoms with E-state index in [-0.39, 0.29) is 12.5 Å². The van der Waals surface area contributed by atoms with Gasteiger partial charge < -0.3 is 15.2 Å². The molecule has 0 saturated heterocycles. The van der Waals surface area contributed by atoms with E-state index >= 15 is 0 Å². The summed E-state index contributed by atoms with van der Waals surface area (Å²) in [5.74, 6) is -8.38. The molecule has 1 aromatic carbocycles. The van der Waals surface area contributed by atoms with Crippen molar-refractivity contribution in [1.82, 2.24) is 0 Å². The molecule has 0 fully saturated rings. The van der Waals surface area contributed by atoms with Gasteiger partial charge in [-0.2, -0.15) is 8.78 Å². The number of ether oxygens (including phenoxy) is 2. The molecule has 0 aliphatic heterocycles. The van der Waals surface area contributed by atoms with Gasteiger partial charge in [-0.25, -0.2) is 8.78 Å². The quantitative estimate of drug-likeness (QED) is 0.505. The number of hydrogen-bond acceptors (Lipinski definition) is 4. The fourth-order valence-corrected chi connectivity index (χ4v) is 1.24. The molecule has 1 unspecified atom stereocenters. The normalized spacial score (nSPS) is 12.1. The summed E-state index contributed by atoms with van der Waals surface area (Å²) in [5.41, 5.74) is 5.34. The van der Waals surface area contributed by atoms with Crippen LogP contribution in [0.4, 0.5) is 17.6 Å². The molecule has 8 heteroatoms. The molecule has 4 nitrogen and oxygen atoms in total. The number of methoxy groups -OCH3 is 1. The van der Waals surface area contributed by atoms with E-state index in [4.69, 9.17) is 5.73 Å². The molecule has 0 heterocycles. The second kappa shape index (κ2) is 6.37. The van der Waals surface area contributed by atoms with Gasteiger partial charge in [0, 0.05) is 12.5 Å².